The molecule has 106 valence electrons. The highest BCUT2D eigenvalue weighted by molar-refractivity contribution is 14.0. The average molecular weight is 375 g/mol. The van der Waals surface area contributed by atoms with Gasteiger partial charge >= 0.3 is 0 Å². The van der Waals surface area contributed by atoms with Crippen molar-refractivity contribution in [2.24, 2.45) is 10.7 Å². The molecule has 3 N–H and O–H groups in total. The molecule has 4 nitrogen and oxygen atoms in total. The molecule has 1 rings (SSSR count). The lowest BCUT2D eigenvalue weighted by Gasteiger charge is -2.13. The van der Waals surface area contributed by atoms with Crippen molar-refractivity contribution in [3.63, 3.8) is 0 Å². The summed E-state index contributed by atoms with van der Waals surface area (Å²) in [6.07, 6.45) is -0.0161. The second-order valence-corrected chi connectivity index (χ2v) is 4.28. The van der Waals surface area contributed by atoms with Crippen LogP contribution in [0, 0.1) is 0 Å². The first kappa shape index (κ1) is 17.8. The first-order valence-corrected chi connectivity index (χ1v) is 5.98. The van der Waals surface area contributed by atoms with Gasteiger partial charge in [-0.05, 0) is 26.0 Å². The average Bonchev–Trinajstić information content (AvgIpc) is 2.35. The highest BCUT2D eigenvalue weighted by Crippen LogP contribution is 2.10. The van der Waals surface area contributed by atoms with E-state index in [1.54, 1.807) is 0 Å². The Morgan fingerprint density at radius 2 is 2.05 bits per heavy atom. The number of hydrogen-bond acceptors (Lipinski definition) is 2. The lowest BCUT2D eigenvalue weighted by Crippen LogP contribution is -2.33. The molecule has 0 aliphatic heterocycles. The van der Waals surface area contributed by atoms with E-state index in [1.807, 2.05) is 44.2 Å². The van der Waals surface area contributed by atoms with E-state index < -0.39 is 0 Å². The van der Waals surface area contributed by atoms with Crippen LogP contribution in [0.5, 0.6) is 5.75 Å². The maximum Gasteiger partial charge on any atom is 0.188 e. The highest BCUT2D eigenvalue weighted by Gasteiger charge is 2.02. The molecule has 1 aromatic carbocycles. The SMILES string of the molecule is C=C(C)CNC(N)=NCC(C)Oc1ccccc1.I. The molecule has 0 aromatic heterocycles. The number of hydrogen-bond donors (Lipinski definition) is 2. The summed E-state index contributed by atoms with van der Waals surface area (Å²) >= 11 is 0. The van der Waals surface area contributed by atoms with Crippen LogP contribution in [-0.2, 0) is 0 Å². The predicted octanol–water partition coefficient (Wildman–Crippen LogP) is 2.55. The van der Waals surface area contributed by atoms with E-state index in [4.69, 9.17) is 10.5 Å². The zero-order chi connectivity index (χ0) is 13.4. The Kier molecular flexibility index (Phi) is 9.03. The standard InChI is InChI=1S/C14H21N3O.HI/c1-11(2)9-16-14(15)17-10-12(3)18-13-7-5-4-6-8-13;/h4-8,12H,1,9-10H2,2-3H3,(H3,15,16,17);1H. The first-order valence-electron chi connectivity index (χ1n) is 5.98. The number of halogens is 1. The summed E-state index contributed by atoms with van der Waals surface area (Å²) in [6.45, 7) is 8.83. The van der Waals surface area contributed by atoms with Crippen LogP contribution >= 0.6 is 24.0 Å². The van der Waals surface area contributed by atoms with Crippen molar-refractivity contribution in [3.05, 3.63) is 42.5 Å². The molecule has 0 spiro atoms. The zero-order valence-electron chi connectivity index (χ0n) is 11.4. The summed E-state index contributed by atoms with van der Waals surface area (Å²) in [4.78, 5) is 4.21. The quantitative estimate of drug-likeness (QED) is 0.348. The van der Waals surface area contributed by atoms with Gasteiger partial charge in [0, 0.05) is 6.54 Å². The minimum absolute atomic E-state index is 0. The van der Waals surface area contributed by atoms with Gasteiger partial charge in [0.15, 0.2) is 5.96 Å². The van der Waals surface area contributed by atoms with E-state index in [0.29, 0.717) is 19.0 Å². The van der Waals surface area contributed by atoms with Crippen LogP contribution in [0.25, 0.3) is 0 Å². The van der Waals surface area contributed by atoms with E-state index >= 15 is 0 Å². The Balaban J connectivity index is 0.00000324. The molecule has 1 aromatic rings. The van der Waals surface area contributed by atoms with Gasteiger partial charge in [-0.3, -0.25) is 0 Å². The van der Waals surface area contributed by atoms with Crippen molar-refractivity contribution in [3.8, 4) is 5.75 Å². The molecule has 0 aliphatic rings. The number of nitrogens with zero attached hydrogens (tertiary/aromatic N) is 1. The van der Waals surface area contributed by atoms with E-state index in [-0.39, 0.29) is 30.1 Å². The summed E-state index contributed by atoms with van der Waals surface area (Å²) in [5, 5.41) is 2.97. The molecule has 0 amide bonds. The van der Waals surface area contributed by atoms with Crippen LogP contribution in [0.2, 0.25) is 0 Å². The van der Waals surface area contributed by atoms with E-state index in [9.17, 15) is 0 Å². The maximum absolute atomic E-state index is 5.71. The summed E-state index contributed by atoms with van der Waals surface area (Å²) in [7, 11) is 0. The number of guanidine groups is 1. The molecule has 0 saturated carbocycles. The second-order valence-electron chi connectivity index (χ2n) is 4.28. The molecule has 0 saturated heterocycles. The number of nitrogens with one attached hydrogen (secondary N) is 1. The van der Waals surface area contributed by atoms with Gasteiger partial charge in [0.05, 0.1) is 6.54 Å². The number of para-hydroxylation sites is 1. The number of nitrogens with two attached hydrogens (primary N) is 1. The highest BCUT2D eigenvalue weighted by atomic mass is 127. The molecule has 5 heteroatoms. The molecule has 19 heavy (non-hydrogen) atoms. The van der Waals surface area contributed by atoms with Gasteiger partial charge in [-0.2, -0.15) is 0 Å². The van der Waals surface area contributed by atoms with Crippen molar-refractivity contribution in [2.75, 3.05) is 13.1 Å². The van der Waals surface area contributed by atoms with Crippen LogP contribution in [0.3, 0.4) is 0 Å². The van der Waals surface area contributed by atoms with E-state index in [0.717, 1.165) is 11.3 Å². The normalized spacial score (nSPS) is 12.2. The van der Waals surface area contributed by atoms with Crippen molar-refractivity contribution in [1.29, 1.82) is 0 Å². The van der Waals surface area contributed by atoms with Crippen LogP contribution < -0.4 is 15.8 Å². The summed E-state index contributed by atoms with van der Waals surface area (Å²) in [5.74, 6) is 1.26. The molecule has 0 bridgehead atoms. The largest absolute Gasteiger partial charge is 0.489 e. The molecule has 1 atom stereocenters. The van der Waals surface area contributed by atoms with Gasteiger partial charge in [0.25, 0.3) is 0 Å². The first-order chi connectivity index (χ1) is 8.58. The fourth-order valence-corrected chi connectivity index (χ4v) is 1.29. The summed E-state index contributed by atoms with van der Waals surface area (Å²) in [6, 6.07) is 9.67. The van der Waals surface area contributed by atoms with E-state index in [1.165, 1.54) is 0 Å². The summed E-state index contributed by atoms with van der Waals surface area (Å²) < 4.78 is 5.68. The topological polar surface area (TPSA) is 59.6 Å². The smallest absolute Gasteiger partial charge is 0.188 e. The molecule has 0 fully saturated rings. The summed E-state index contributed by atoms with van der Waals surface area (Å²) in [5.41, 5.74) is 6.72. The van der Waals surface area contributed by atoms with Gasteiger partial charge in [-0.25, -0.2) is 4.99 Å². The minimum Gasteiger partial charge on any atom is -0.489 e. The lowest BCUT2D eigenvalue weighted by atomic mass is 10.3. The molecule has 0 aliphatic carbocycles. The van der Waals surface area contributed by atoms with Crippen molar-refractivity contribution in [2.45, 2.75) is 20.0 Å². The van der Waals surface area contributed by atoms with Crippen molar-refractivity contribution in [1.82, 2.24) is 5.32 Å². The Labute approximate surface area is 132 Å². The molecular weight excluding hydrogens is 353 g/mol. The molecule has 1 unspecified atom stereocenters. The minimum atomic E-state index is -0.0161. The monoisotopic (exact) mass is 375 g/mol. The zero-order valence-corrected chi connectivity index (χ0v) is 13.8. The van der Waals surface area contributed by atoms with E-state index in [2.05, 4.69) is 16.9 Å². The third-order valence-electron chi connectivity index (χ3n) is 2.17. The van der Waals surface area contributed by atoms with Crippen LogP contribution in [0.15, 0.2) is 47.5 Å². The van der Waals surface area contributed by atoms with Crippen LogP contribution in [0.4, 0.5) is 0 Å². The number of ether oxygens (including phenoxy) is 1. The van der Waals surface area contributed by atoms with Gasteiger partial charge < -0.3 is 15.8 Å². The third kappa shape index (κ3) is 8.47. The van der Waals surface area contributed by atoms with Gasteiger partial charge in [-0.15, -0.1) is 24.0 Å². The number of benzene rings is 1. The Morgan fingerprint density at radius 3 is 2.63 bits per heavy atom. The van der Waals surface area contributed by atoms with Gasteiger partial charge in [-0.1, -0.05) is 30.4 Å². The third-order valence-corrected chi connectivity index (χ3v) is 2.17. The number of aliphatic imine (C=N–C) groups is 1. The van der Waals surface area contributed by atoms with Gasteiger partial charge in [0.2, 0.25) is 0 Å². The van der Waals surface area contributed by atoms with Gasteiger partial charge in [0.1, 0.15) is 11.9 Å². The Hall–Kier alpha value is -1.24. The van der Waals surface area contributed by atoms with Crippen molar-refractivity contribution >= 4 is 29.9 Å². The molecule has 0 radical (unpaired) electrons. The maximum atomic E-state index is 5.71. The lowest BCUT2D eigenvalue weighted by molar-refractivity contribution is 0.230. The Bertz CT molecular complexity index is 406. The van der Waals surface area contributed by atoms with Crippen LogP contribution in [-0.4, -0.2) is 25.2 Å². The number of rotatable bonds is 6. The second kappa shape index (κ2) is 9.66. The Morgan fingerprint density at radius 1 is 1.42 bits per heavy atom. The molecule has 0 heterocycles. The van der Waals surface area contributed by atoms with Crippen molar-refractivity contribution < 1.29 is 4.74 Å². The molecular formula is C14H22IN3O. The predicted molar refractivity (Wildman–Crippen MR) is 91.3 cm³/mol. The van der Waals surface area contributed by atoms with Crippen LogP contribution in [0.1, 0.15) is 13.8 Å². The fraction of sp³-hybridized carbons (Fsp3) is 0.357. The fourth-order valence-electron chi connectivity index (χ4n) is 1.29.